The van der Waals surface area contributed by atoms with Gasteiger partial charge in [-0.05, 0) is 55.5 Å². The quantitative estimate of drug-likeness (QED) is 0.655. The molecule has 2 aromatic heterocycles. The van der Waals surface area contributed by atoms with E-state index >= 15 is 0 Å². The van der Waals surface area contributed by atoms with E-state index in [2.05, 4.69) is 5.32 Å². The Morgan fingerprint density at radius 1 is 1.00 bits per heavy atom. The number of benzene rings is 1. The molecule has 0 radical (unpaired) electrons. The molecule has 0 unspecified atom stereocenters. The first-order chi connectivity index (χ1) is 14.1. The van der Waals surface area contributed by atoms with Crippen molar-refractivity contribution in [3.63, 3.8) is 0 Å². The van der Waals surface area contributed by atoms with E-state index in [1.807, 2.05) is 29.1 Å². The molecule has 0 saturated heterocycles. The zero-order chi connectivity index (χ0) is 20.2. The predicted octanol–water partition coefficient (Wildman–Crippen LogP) is 3.53. The van der Waals surface area contributed by atoms with Crippen molar-refractivity contribution in [1.29, 1.82) is 0 Å². The van der Waals surface area contributed by atoms with Crippen molar-refractivity contribution in [2.45, 2.75) is 25.7 Å². The van der Waals surface area contributed by atoms with Crippen LogP contribution in [0.2, 0.25) is 0 Å². The van der Waals surface area contributed by atoms with Gasteiger partial charge in [-0.25, -0.2) is 4.79 Å². The van der Waals surface area contributed by atoms with Gasteiger partial charge in [0.05, 0.1) is 5.56 Å². The SMILES string of the molecule is O=C(COC(=O)c1c(-n2cccc2)sc2c1CCCC2)NC(=O)c1ccccc1. The zero-order valence-electron chi connectivity index (χ0n) is 15.7. The number of hydrogen-bond acceptors (Lipinski definition) is 5. The summed E-state index contributed by atoms with van der Waals surface area (Å²) in [6, 6.07) is 12.2. The van der Waals surface area contributed by atoms with Gasteiger partial charge in [-0.1, -0.05) is 18.2 Å². The lowest BCUT2D eigenvalue weighted by atomic mass is 9.95. The number of carbonyl (C=O) groups excluding carboxylic acids is 3. The summed E-state index contributed by atoms with van der Waals surface area (Å²) in [5.41, 5.74) is 1.92. The molecule has 2 heterocycles. The average molecular weight is 408 g/mol. The summed E-state index contributed by atoms with van der Waals surface area (Å²) in [7, 11) is 0. The number of thiophene rings is 1. The Morgan fingerprint density at radius 2 is 1.72 bits per heavy atom. The number of aromatic nitrogens is 1. The topological polar surface area (TPSA) is 77.4 Å². The van der Waals surface area contributed by atoms with E-state index in [4.69, 9.17) is 4.74 Å². The van der Waals surface area contributed by atoms with E-state index in [0.717, 1.165) is 36.2 Å². The molecular formula is C22H20N2O4S. The van der Waals surface area contributed by atoms with Crippen LogP contribution in [0.4, 0.5) is 0 Å². The first-order valence-corrected chi connectivity index (χ1v) is 10.3. The van der Waals surface area contributed by atoms with E-state index in [9.17, 15) is 14.4 Å². The van der Waals surface area contributed by atoms with Crippen molar-refractivity contribution >= 4 is 29.1 Å². The number of ether oxygens (including phenoxy) is 1. The van der Waals surface area contributed by atoms with E-state index in [0.29, 0.717) is 11.1 Å². The summed E-state index contributed by atoms with van der Waals surface area (Å²) in [5, 5.41) is 3.06. The molecule has 0 aliphatic heterocycles. The van der Waals surface area contributed by atoms with Crippen LogP contribution in [-0.4, -0.2) is 29.0 Å². The zero-order valence-corrected chi connectivity index (χ0v) is 16.5. The third kappa shape index (κ3) is 4.14. The molecule has 2 amide bonds. The van der Waals surface area contributed by atoms with Gasteiger partial charge in [0.25, 0.3) is 11.8 Å². The molecule has 0 fully saturated rings. The van der Waals surface area contributed by atoms with Crippen LogP contribution in [0.3, 0.4) is 0 Å². The third-order valence-electron chi connectivity index (χ3n) is 4.82. The maximum absolute atomic E-state index is 12.9. The molecule has 0 spiro atoms. The molecular weight excluding hydrogens is 388 g/mol. The molecule has 1 aromatic carbocycles. The average Bonchev–Trinajstić information content (AvgIpc) is 3.40. The smallest absolute Gasteiger partial charge is 0.341 e. The van der Waals surface area contributed by atoms with Gasteiger partial charge in [-0.3, -0.25) is 14.9 Å². The Bertz CT molecular complexity index is 1040. The monoisotopic (exact) mass is 408 g/mol. The highest BCUT2D eigenvalue weighted by Crippen LogP contribution is 2.37. The Kier molecular flexibility index (Phi) is 5.57. The molecule has 7 heteroatoms. The van der Waals surface area contributed by atoms with Gasteiger partial charge in [0, 0.05) is 22.8 Å². The molecule has 0 atom stereocenters. The van der Waals surface area contributed by atoms with Gasteiger partial charge in [-0.15, -0.1) is 11.3 Å². The number of carbonyl (C=O) groups is 3. The molecule has 1 aliphatic rings. The Labute approximate surface area is 172 Å². The van der Waals surface area contributed by atoms with Crippen LogP contribution in [0.1, 0.15) is 44.0 Å². The molecule has 0 bridgehead atoms. The number of rotatable bonds is 5. The van der Waals surface area contributed by atoms with Crippen molar-refractivity contribution < 1.29 is 19.1 Å². The minimum absolute atomic E-state index is 0.369. The van der Waals surface area contributed by atoms with Crippen molar-refractivity contribution in [3.05, 3.63) is 76.4 Å². The fraction of sp³-hybridized carbons (Fsp3) is 0.227. The maximum Gasteiger partial charge on any atom is 0.341 e. The van der Waals surface area contributed by atoms with Crippen LogP contribution in [0, 0.1) is 0 Å². The largest absolute Gasteiger partial charge is 0.452 e. The highest BCUT2D eigenvalue weighted by molar-refractivity contribution is 7.15. The van der Waals surface area contributed by atoms with E-state index < -0.39 is 24.4 Å². The summed E-state index contributed by atoms with van der Waals surface area (Å²) < 4.78 is 7.18. The number of imide groups is 1. The summed E-state index contributed by atoms with van der Waals surface area (Å²) in [6.45, 7) is -0.507. The number of amides is 2. The summed E-state index contributed by atoms with van der Waals surface area (Å²) >= 11 is 1.60. The van der Waals surface area contributed by atoms with Crippen molar-refractivity contribution in [2.75, 3.05) is 6.61 Å². The van der Waals surface area contributed by atoms with Crippen molar-refractivity contribution in [1.82, 2.24) is 9.88 Å². The first-order valence-electron chi connectivity index (χ1n) is 9.47. The lowest BCUT2D eigenvalue weighted by Crippen LogP contribution is -2.34. The molecule has 148 valence electrons. The highest BCUT2D eigenvalue weighted by Gasteiger charge is 2.27. The normalized spacial score (nSPS) is 12.8. The Hall–Kier alpha value is -3.19. The minimum atomic E-state index is -0.654. The summed E-state index contributed by atoms with van der Waals surface area (Å²) in [6.07, 6.45) is 7.70. The molecule has 1 N–H and O–H groups in total. The fourth-order valence-corrected chi connectivity index (χ4v) is 4.78. The van der Waals surface area contributed by atoms with E-state index in [1.165, 1.54) is 4.88 Å². The molecule has 3 aromatic rings. The predicted molar refractivity (Wildman–Crippen MR) is 109 cm³/mol. The second kappa shape index (κ2) is 8.45. The molecule has 4 rings (SSSR count). The summed E-state index contributed by atoms with van der Waals surface area (Å²) in [5.74, 6) is -1.71. The number of nitrogens with zero attached hydrogens (tertiary/aromatic N) is 1. The Balaban J connectivity index is 1.47. The molecule has 1 aliphatic carbocycles. The van der Waals surface area contributed by atoms with Gasteiger partial charge in [0.15, 0.2) is 6.61 Å². The second-order valence-electron chi connectivity index (χ2n) is 6.80. The number of nitrogens with one attached hydrogen (secondary N) is 1. The van der Waals surface area contributed by atoms with Crippen LogP contribution < -0.4 is 5.32 Å². The minimum Gasteiger partial charge on any atom is -0.452 e. The number of fused-ring (bicyclic) bond motifs is 1. The third-order valence-corrected chi connectivity index (χ3v) is 6.12. The lowest BCUT2D eigenvalue weighted by molar-refractivity contribution is -0.123. The van der Waals surface area contributed by atoms with Crippen LogP contribution in [0.5, 0.6) is 0 Å². The summed E-state index contributed by atoms with van der Waals surface area (Å²) in [4.78, 5) is 38.2. The lowest BCUT2D eigenvalue weighted by Gasteiger charge is -2.13. The van der Waals surface area contributed by atoms with Gasteiger partial charge in [0.1, 0.15) is 5.00 Å². The van der Waals surface area contributed by atoms with Gasteiger partial charge in [0.2, 0.25) is 0 Å². The highest BCUT2D eigenvalue weighted by atomic mass is 32.1. The van der Waals surface area contributed by atoms with Crippen molar-refractivity contribution in [3.8, 4) is 5.00 Å². The van der Waals surface area contributed by atoms with Gasteiger partial charge >= 0.3 is 5.97 Å². The van der Waals surface area contributed by atoms with Crippen LogP contribution in [0.25, 0.3) is 5.00 Å². The number of hydrogen-bond donors (Lipinski definition) is 1. The molecule has 6 nitrogen and oxygen atoms in total. The standard InChI is InChI=1S/C22H20N2O4S/c25-18(23-20(26)15-8-2-1-3-9-15)14-28-22(27)19-16-10-4-5-11-17(16)29-21(19)24-12-6-7-13-24/h1-3,6-9,12-13H,4-5,10-11,14H2,(H,23,25,26). The van der Waals surface area contributed by atoms with E-state index in [1.54, 1.807) is 41.7 Å². The molecule has 29 heavy (non-hydrogen) atoms. The number of esters is 1. The second-order valence-corrected chi connectivity index (χ2v) is 7.88. The van der Waals surface area contributed by atoms with Crippen LogP contribution in [-0.2, 0) is 22.4 Å². The van der Waals surface area contributed by atoms with Crippen LogP contribution in [0.15, 0.2) is 54.9 Å². The Morgan fingerprint density at radius 3 is 2.48 bits per heavy atom. The van der Waals surface area contributed by atoms with Crippen molar-refractivity contribution in [2.24, 2.45) is 0 Å². The fourth-order valence-electron chi connectivity index (χ4n) is 3.44. The molecule has 0 saturated carbocycles. The number of aryl methyl sites for hydroxylation is 1. The van der Waals surface area contributed by atoms with Gasteiger partial charge < -0.3 is 9.30 Å². The van der Waals surface area contributed by atoms with Crippen LogP contribution >= 0.6 is 11.3 Å². The van der Waals surface area contributed by atoms with Gasteiger partial charge in [-0.2, -0.15) is 0 Å². The van der Waals surface area contributed by atoms with E-state index in [-0.39, 0.29) is 0 Å². The first kappa shape index (κ1) is 19.1. The maximum atomic E-state index is 12.9.